The third-order valence-corrected chi connectivity index (χ3v) is 3.24. The number of rotatable bonds is 6. The molecule has 5 heteroatoms. The minimum absolute atomic E-state index is 0.00475. The Morgan fingerprint density at radius 1 is 1.47 bits per heavy atom. The summed E-state index contributed by atoms with van der Waals surface area (Å²) in [4.78, 5) is 10.6. The zero-order valence-corrected chi connectivity index (χ0v) is 11.9. The van der Waals surface area contributed by atoms with E-state index in [0.29, 0.717) is 12.1 Å². The molecule has 0 aliphatic rings. The average Bonchev–Trinajstić information content (AvgIpc) is 2.36. The van der Waals surface area contributed by atoms with Crippen molar-refractivity contribution in [1.82, 2.24) is 5.32 Å². The van der Waals surface area contributed by atoms with E-state index in [4.69, 9.17) is 0 Å². The molecule has 106 valence electrons. The van der Waals surface area contributed by atoms with Crippen LogP contribution in [0.2, 0.25) is 0 Å². The van der Waals surface area contributed by atoms with Crippen LogP contribution in [-0.4, -0.2) is 23.2 Å². The first-order chi connectivity index (χ1) is 8.76. The second kappa shape index (κ2) is 6.12. The van der Waals surface area contributed by atoms with Crippen LogP contribution in [-0.2, 0) is 0 Å². The van der Waals surface area contributed by atoms with Gasteiger partial charge in [-0.05, 0) is 19.4 Å². The first-order valence-corrected chi connectivity index (χ1v) is 6.36. The first kappa shape index (κ1) is 15.6. The second-order valence-corrected chi connectivity index (χ2v) is 5.73. The van der Waals surface area contributed by atoms with Crippen molar-refractivity contribution >= 4 is 5.69 Å². The molecule has 0 saturated carbocycles. The van der Waals surface area contributed by atoms with E-state index in [2.05, 4.69) is 5.32 Å². The Hall–Kier alpha value is -1.46. The van der Waals surface area contributed by atoms with Gasteiger partial charge in [-0.15, -0.1) is 0 Å². The summed E-state index contributed by atoms with van der Waals surface area (Å²) in [5.41, 5.74) is 1.49. The Kier molecular flexibility index (Phi) is 5.03. The number of nitro groups is 1. The highest BCUT2D eigenvalue weighted by molar-refractivity contribution is 5.43. The summed E-state index contributed by atoms with van der Waals surface area (Å²) in [6.07, 6.45) is 0. The van der Waals surface area contributed by atoms with Crippen molar-refractivity contribution in [2.24, 2.45) is 5.41 Å². The number of benzene rings is 1. The summed E-state index contributed by atoms with van der Waals surface area (Å²) in [6, 6.07) is 5.28. The standard InChI is InChI=1S/C14H22N2O3/c1-10-5-6-12(7-13(10)16(18)19)11(2)15-8-14(3,4)9-17/h5-7,11,15,17H,8-9H2,1-4H3. The van der Waals surface area contributed by atoms with E-state index in [1.807, 2.05) is 26.8 Å². The van der Waals surface area contributed by atoms with Crippen molar-refractivity contribution in [3.8, 4) is 0 Å². The van der Waals surface area contributed by atoms with E-state index in [1.165, 1.54) is 0 Å². The van der Waals surface area contributed by atoms with Gasteiger partial charge in [0.2, 0.25) is 0 Å². The summed E-state index contributed by atoms with van der Waals surface area (Å²) >= 11 is 0. The maximum absolute atomic E-state index is 10.9. The molecule has 1 atom stereocenters. The molecule has 0 spiro atoms. The van der Waals surface area contributed by atoms with Gasteiger partial charge in [-0.3, -0.25) is 10.1 Å². The molecule has 0 aliphatic carbocycles. The fraction of sp³-hybridized carbons (Fsp3) is 0.571. The van der Waals surface area contributed by atoms with Gasteiger partial charge in [0.15, 0.2) is 0 Å². The number of nitrogens with one attached hydrogen (secondary N) is 1. The molecular formula is C14H22N2O3. The lowest BCUT2D eigenvalue weighted by Gasteiger charge is -2.25. The number of nitrogens with zero attached hydrogens (tertiary/aromatic N) is 1. The van der Waals surface area contributed by atoms with E-state index in [-0.39, 0.29) is 28.7 Å². The second-order valence-electron chi connectivity index (χ2n) is 5.73. The third-order valence-electron chi connectivity index (χ3n) is 3.24. The molecule has 0 radical (unpaired) electrons. The van der Waals surface area contributed by atoms with Gasteiger partial charge in [-0.1, -0.05) is 26.0 Å². The van der Waals surface area contributed by atoms with Gasteiger partial charge in [-0.25, -0.2) is 0 Å². The molecule has 1 aromatic carbocycles. The topological polar surface area (TPSA) is 75.4 Å². The molecule has 0 fully saturated rings. The zero-order chi connectivity index (χ0) is 14.6. The predicted molar refractivity (Wildman–Crippen MR) is 75.1 cm³/mol. The lowest BCUT2D eigenvalue weighted by molar-refractivity contribution is -0.385. The van der Waals surface area contributed by atoms with Crippen molar-refractivity contribution in [3.05, 3.63) is 39.4 Å². The minimum atomic E-state index is -0.358. The molecule has 0 aromatic heterocycles. The summed E-state index contributed by atoms with van der Waals surface area (Å²) in [7, 11) is 0. The summed E-state index contributed by atoms with van der Waals surface area (Å²) in [6.45, 7) is 8.36. The van der Waals surface area contributed by atoms with Crippen LogP contribution in [0.4, 0.5) is 5.69 Å². The maximum atomic E-state index is 10.9. The van der Waals surface area contributed by atoms with E-state index < -0.39 is 0 Å². The number of hydrogen-bond acceptors (Lipinski definition) is 4. The van der Waals surface area contributed by atoms with Crippen molar-refractivity contribution in [2.75, 3.05) is 13.2 Å². The Bertz CT molecular complexity index is 458. The Morgan fingerprint density at radius 3 is 2.63 bits per heavy atom. The highest BCUT2D eigenvalue weighted by Gasteiger charge is 2.19. The molecule has 0 saturated heterocycles. The summed E-state index contributed by atoms with van der Waals surface area (Å²) < 4.78 is 0. The fourth-order valence-corrected chi connectivity index (χ4v) is 1.70. The Balaban J connectivity index is 2.80. The van der Waals surface area contributed by atoms with Crippen molar-refractivity contribution < 1.29 is 10.0 Å². The largest absolute Gasteiger partial charge is 0.396 e. The molecule has 0 aliphatic heterocycles. The number of aryl methyl sites for hydroxylation is 1. The van der Waals surface area contributed by atoms with Gasteiger partial charge in [0, 0.05) is 36.2 Å². The van der Waals surface area contributed by atoms with Crippen molar-refractivity contribution in [3.63, 3.8) is 0 Å². The van der Waals surface area contributed by atoms with Crippen LogP contribution >= 0.6 is 0 Å². The molecule has 0 amide bonds. The smallest absolute Gasteiger partial charge is 0.272 e. The Labute approximate surface area is 113 Å². The molecule has 1 unspecified atom stereocenters. The normalized spacial score (nSPS) is 13.3. The predicted octanol–water partition coefficient (Wildman–Crippen LogP) is 2.57. The lowest BCUT2D eigenvalue weighted by Crippen LogP contribution is -2.33. The van der Waals surface area contributed by atoms with E-state index in [1.54, 1.807) is 19.1 Å². The van der Waals surface area contributed by atoms with Crippen LogP contribution < -0.4 is 5.32 Å². The van der Waals surface area contributed by atoms with E-state index in [9.17, 15) is 15.2 Å². The van der Waals surface area contributed by atoms with Gasteiger partial charge in [0.25, 0.3) is 5.69 Å². The van der Waals surface area contributed by atoms with Crippen LogP contribution in [0.25, 0.3) is 0 Å². The number of hydrogen-bond donors (Lipinski definition) is 2. The average molecular weight is 266 g/mol. The number of aliphatic hydroxyl groups excluding tert-OH is 1. The van der Waals surface area contributed by atoms with Gasteiger partial charge >= 0.3 is 0 Å². The molecule has 2 N–H and O–H groups in total. The SMILES string of the molecule is Cc1ccc(C(C)NCC(C)(C)CO)cc1[N+](=O)[O-]. The molecule has 19 heavy (non-hydrogen) atoms. The highest BCUT2D eigenvalue weighted by Crippen LogP contribution is 2.24. The van der Waals surface area contributed by atoms with Crippen LogP contribution in [0.3, 0.4) is 0 Å². The van der Waals surface area contributed by atoms with Gasteiger partial charge < -0.3 is 10.4 Å². The summed E-state index contributed by atoms with van der Waals surface area (Å²) in [5.74, 6) is 0. The molecule has 0 bridgehead atoms. The Morgan fingerprint density at radius 2 is 2.11 bits per heavy atom. The van der Waals surface area contributed by atoms with Crippen LogP contribution in [0.1, 0.15) is 37.9 Å². The minimum Gasteiger partial charge on any atom is -0.396 e. The lowest BCUT2D eigenvalue weighted by atomic mass is 9.94. The van der Waals surface area contributed by atoms with Gasteiger partial charge in [0.05, 0.1) is 4.92 Å². The van der Waals surface area contributed by atoms with E-state index >= 15 is 0 Å². The first-order valence-electron chi connectivity index (χ1n) is 6.36. The quantitative estimate of drug-likeness (QED) is 0.613. The monoisotopic (exact) mass is 266 g/mol. The molecular weight excluding hydrogens is 244 g/mol. The third kappa shape index (κ3) is 4.29. The molecule has 1 rings (SSSR count). The zero-order valence-electron chi connectivity index (χ0n) is 11.9. The fourth-order valence-electron chi connectivity index (χ4n) is 1.70. The van der Waals surface area contributed by atoms with Crippen LogP contribution in [0.5, 0.6) is 0 Å². The molecule has 1 aromatic rings. The number of nitro benzene ring substituents is 1. The van der Waals surface area contributed by atoms with Crippen molar-refractivity contribution in [1.29, 1.82) is 0 Å². The van der Waals surface area contributed by atoms with Gasteiger partial charge in [0.1, 0.15) is 0 Å². The molecule has 0 heterocycles. The van der Waals surface area contributed by atoms with E-state index in [0.717, 1.165) is 5.56 Å². The van der Waals surface area contributed by atoms with Crippen LogP contribution in [0.15, 0.2) is 18.2 Å². The number of aliphatic hydroxyl groups is 1. The van der Waals surface area contributed by atoms with Crippen LogP contribution in [0, 0.1) is 22.5 Å². The summed E-state index contributed by atoms with van der Waals surface area (Å²) in [5, 5.41) is 23.4. The maximum Gasteiger partial charge on any atom is 0.272 e. The van der Waals surface area contributed by atoms with Gasteiger partial charge in [-0.2, -0.15) is 0 Å². The molecule has 5 nitrogen and oxygen atoms in total. The highest BCUT2D eigenvalue weighted by atomic mass is 16.6. The van der Waals surface area contributed by atoms with Crippen molar-refractivity contribution in [2.45, 2.75) is 33.7 Å².